The Morgan fingerprint density at radius 1 is 1.00 bits per heavy atom. The molecule has 0 unspecified atom stereocenters. The molecule has 6 nitrogen and oxygen atoms in total. The minimum atomic E-state index is -0.524. The minimum absolute atomic E-state index is 0.155. The summed E-state index contributed by atoms with van der Waals surface area (Å²) in [5.74, 6) is 0. The van der Waals surface area contributed by atoms with Crippen LogP contribution >= 0.6 is 0 Å². The van der Waals surface area contributed by atoms with E-state index in [9.17, 15) is 9.59 Å². The zero-order chi connectivity index (χ0) is 15.1. The average molecular weight is 274 g/mol. The second-order valence-electron chi connectivity index (χ2n) is 5.44. The molecule has 0 rings (SSSR count). The van der Waals surface area contributed by atoms with E-state index in [2.05, 4.69) is 0 Å². The highest BCUT2D eigenvalue weighted by molar-refractivity contribution is 5.68. The van der Waals surface area contributed by atoms with Crippen LogP contribution < -0.4 is 0 Å². The van der Waals surface area contributed by atoms with Gasteiger partial charge < -0.3 is 19.3 Å². The molecule has 0 aliphatic heterocycles. The lowest BCUT2D eigenvalue weighted by atomic mass is 10.2. The fourth-order valence-corrected chi connectivity index (χ4v) is 1.24. The van der Waals surface area contributed by atoms with Crippen LogP contribution in [0.5, 0.6) is 0 Å². The van der Waals surface area contributed by atoms with Crippen LogP contribution in [0.3, 0.4) is 0 Å². The van der Waals surface area contributed by atoms with Gasteiger partial charge in [0.2, 0.25) is 0 Å². The van der Waals surface area contributed by atoms with Crippen LogP contribution in [0.2, 0.25) is 0 Å². The molecule has 2 amide bonds. The monoisotopic (exact) mass is 274 g/mol. The Bertz CT molecular complexity index is 300. The van der Waals surface area contributed by atoms with Crippen LogP contribution in [0.25, 0.3) is 0 Å². The van der Waals surface area contributed by atoms with Gasteiger partial charge in [0, 0.05) is 20.6 Å². The number of carbonyl (C=O) groups excluding carboxylic acids is 2. The number of nitrogens with zero attached hydrogens (tertiary/aromatic N) is 2. The summed E-state index contributed by atoms with van der Waals surface area (Å²) in [5, 5.41) is 0. The van der Waals surface area contributed by atoms with Crippen molar-refractivity contribution in [2.75, 3.05) is 33.8 Å². The van der Waals surface area contributed by atoms with E-state index in [0.29, 0.717) is 13.1 Å². The zero-order valence-corrected chi connectivity index (χ0v) is 12.9. The number of ether oxygens (including phenoxy) is 2. The first-order chi connectivity index (χ1) is 8.67. The van der Waals surface area contributed by atoms with Gasteiger partial charge in [0.1, 0.15) is 12.2 Å². The third-order valence-electron chi connectivity index (χ3n) is 2.23. The van der Waals surface area contributed by atoms with E-state index in [1.807, 2.05) is 6.92 Å². The average Bonchev–Trinajstić information content (AvgIpc) is 2.26. The fraction of sp³-hybridized carbons (Fsp3) is 0.846. The molecule has 0 fully saturated rings. The third kappa shape index (κ3) is 8.29. The van der Waals surface area contributed by atoms with Crippen molar-refractivity contribution < 1.29 is 19.1 Å². The molecule has 0 aromatic rings. The lowest BCUT2D eigenvalue weighted by Gasteiger charge is -2.24. The highest BCUT2D eigenvalue weighted by atomic mass is 16.6. The molecule has 19 heavy (non-hydrogen) atoms. The highest BCUT2D eigenvalue weighted by Crippen LogP contribution is 2.08. The molecule has 0 N–H and O–H groups in total. The first-order valence-corrected chi connectivity index (χ1v) is 6.49. The van der Waals surface area contributed by atoms with Gasteiger partial charge in [-0.3, -0.25) is 0 Å². The molecule has 0 aromatic heterocycles. The summed E-state index contributed by atoms with van der Waals surface area (Å²) in [6, 6.07) is 0. The molecule has 0 atom stereocenters. The van der Waals surface area contributed by atoms with Crippen LogP contribution in [0.1, 0.15) is 34.1 Å². The number of hydrogen-bond donors (Lipinski definition) is 0. The lowest BCUT2D eigenvalue weighted by molar-refractivity contribution is 0.0250. The first kappa shape index (κ1) is 17.5. The second kappa shape index (κ2) is 7.86. The third-order valence-corrected chi connectivity index (χ3v) is 2.23. The molecule has 0 saturated carbocycles. The Kier molecular flexibility index (Phi) is 7.26. The van der Waals surface area contributed by atoms with Crippen molar-refractivity contribution in [3.63, 3.8) is 0 Å². The molecule has 0 heterocycles. The predicted molar refractivity (Wildman–Crippen MR) is 73.1 cm³/mol. The van der Waals surface area contributed by atoms with Gasteiger partial charge in [-0.1, -0.05) is 6.92 Å². The number of amides is 2. The molecular formula is C13H26N2O4. The summed E-state index contributed by atoms with van der Waals surface area (Å²) < 4.78 is 10.2. The number of rotatable bonds is 5. The van der Waals surface area contributed by atoms with Gasteiger partial charge >= 0.3 is 12.2 Å². The first-order valence-electron chi connectivity index (χ1n) is 6.49. The van der Waals surface area contributed by atoms with Crippen LogP contribution in [-0.4, -0.2) is 61.4 Å². The summed E-state index contributed by atoms with van der Waals surface area (Å²) in [4.78, 5) is 26.0. The Balaban J connectivity index is 3.94. The van der Waals surface area contributed by atoms with Crippen molar-refractivity contribution in [1.82, 2.24) is 9.80 Å². The Hall–Kier alpha value is -1.46. The molecule has 112 valence electrons. The predicted octanol–water partition coefficient (Wildman–Crippen LogP) is 2.33. The molecular weight excluding hydrogens is 248 g/mol. The SMILES string of the molecule is CCCN(C)C(=O)OCCN(C)C(=O)OC(C)(C)C. The maximum atomic E-state index is 11.6. The zero-order valence-electron chi connectivity index (χ0n) is 12.9. The Morgan fingerprint density at radius 2 is 1.53 bits per heavy atom. The summed E-state index contributed by atoms with van der Waals surface area (Å²) in [5.41, 5.74) is -0.524. The molecule has 6 heteroatoms. The fourth-order valence-electron chi connectivity index (χ4n) is 1.24. The van der Waals surface area contributed by atoms with E-state index in [1.165, 1.54) is 9.80 Å². The van der Waals surface area contributed by atoms with Crippen molar-refractivity contribution in [1.29, 1.82) is 0 Å². The quantitative estimate of drug-likeness (QED) is 0.772. The Morgan fingerprint density at radius 3 is 2.00 bits per heavy atom. The van der Waals surface area contributed by atoms with Gasteiger partial charge in [0.15, 0.2) is 0 Å². The van der Waals surface area contributed by atoms with Gasteiger partial charge in [-0.2, -0.15) is 0 Å². The van der Waals surface area contributed by atoms with E-state index in [4.69, 9.17) is 9.47 Å². The van der Waals surface area contributed by atoms with Gasteiger partial charge in [-0.25, -0.2) is 9.59 Å². The van der Waals surface area contributed by atoms with Gasteiger partial charge in [-0.05, 0) is 27.2 Å². The standard InChI is InChI=1S/C13H26N2O4/c1-7-8-14(5)11(16)18-10-9-15(6)12(17)19-13(2,3)4/h7-10H2,1-6H3. The van der Waals surface area contributed by atoms with E-state index < -0.39 is 11.7 Å². The van der Waals surface area contributed by atoms with Crippen molar-refractivity contribution in [3.8, 4) is 0 Å². The van der Waals surface area contributed by atoms with Gasteiger partial charge in [0.25, 0.3) is 0 Å². The second-order valence-corrected chi connectivity index (χ2v) is 5.44. The molecule has 0 saturated heterocycles. The van der Waals surface area contributed by atoms with E-state index in [1.54, 1.807) is 34.9 Å². The molecule has 0 radical (unpaired) electrons. The largest absolute Gasteiger partial charge is 0.448 e. The van der Waals surface area contributed by atoms with Gasteiger partial charge in [0.05, 0.1) is 6.54 Å². The summed E-state index contributed by atoms with van der Waals surface area (Å²) >= 11 is 0. The maximum Gasteiger partial charge on any atom is 0.410 e. The molecule has 0 aliphatic rings. The van der Waals surface area contributed by atoms with Gasteiger partial charge in [-0.15, -0.1) is 0 Å². The van der Waals surface area contributed by atoms with Crippen LogP contribution in [0.4, 0.5) is 9.59 Å². The van der Waals surface area contributed by atoms with Crippen LogP contribution in [0.15, 0.2) is 0 Å². The summed E-state index contributed by atoms with van der Waals surface area (Å²) in [6.45, 7) is 8.51. The van der Waals surface area contributed by atoms with Crippen molar-refractivity contribution >= 4 is 12.2 Å². The van der Waals surface area contributed by atoms with E-state index >= 15 is 0 Å². The van der Waals surface area contributed by atoms with Crippen LogP contribution in [-0.2, 0) is 9.47 Å². The molecule has 0 aliphatic carbocycles. The van der Waals surface area contributed by atoms with Crippen molar-refractivity contribution in [2.24, 2.45) is 0 Å². The number of likely N-dealkylation sites (N-methyl/N-ethyl adjacent to an activating group) is 1. The Labute approximate surface area is 115 Å². The molecule has 0 spiro atoms. The minimum Gasteiger partial charge on any atom is -0.448 e. The smallest absolute Gasteiger partial charge is 0.410 e. The molecule has 0 bridgehead atoms. The van der Waals surface area contributed by atoms with Crippen molar-refractivity contribution in [3.05, 3.63) is 0 Å². The van der Waals surface area contributed by atoms with Crippen LogP contribution in [0, 0.1) is 0 Å². The van der Waals surface area contributed by atoms with E-state index in [-0.39, 0.29) is 12.7 Å². The summed E-state index contributed by atoms with van der Waals surface area (Å²) in [6.07, 6.45) is 0.0774. The highest BCUT2D eigenvalue weighted by Gasteiger charge is 2.19. The van der Waals surface area contributed by atoms with Crippen molar-refractivity contribution in [2.45, 2.75) is 39.7 Å². The number of hydrogen-bond acceptors (Lipinski definition) is 4. The number of carbonyl (C=O) groups is 2. The lowest BCUT2D eigenvalue weighted by Crippen LogP contribution is -2.37. The molecule has 0 aromatic carbocycles. The maximum absolute atomic E-state index is 11.6. The summed E-state index contributed by atoms with van der Waals surface area (Å²) in [7, 11) is 3.29. The normalized spacial score (nSPS) is 10.8. The topological polar surface area (TPSA) is 59.1 Å². The van der Waals surface area contributed by atoms with E-state index in [0.717, 1.165) is 6.42 Å².